The molecular formula is C4H6N4O3. The minimum atomic E-state index is -0.833. The lowest BCUT2D eigenvalue weighted by Gasteiger charge is -1.63. The molecule has 0 rings (SSSR count). The highest BCUT2D eigenvalue weighted by Crippen LogP contribution is 1.61. The van der Waals surface area contributed by atoms with Gasteiger partial charge in [0.1, 0.15) is 0 Å². The van der Waals surface area contributed by atoms with Crippen LogP contribution in [0.15, 0.2) is 9.98 Å². The molecule has 60 valence electrons. The number of hydrogen-bond donors (Lipinski definition) is 2. The molecule has 0 saturated carbocycles. The lowest BCUT2D eigenvalue weighted by Crippen LogP contribution is -2.18. The fraction of sp³-hybridized carbons (Fsp3) is 0.250. The van der Waals surface area contributed by atoms with Crippen LogP contribution < -0.4 is 11.5 Å². The smallest absolute Gasteiger partial charge is 0.309 e. The summed E-state index contributed by atoms with van der Waals surface area (Å²) in [7, 11) is 0. The zero-order valence-electron chi connectivity index (χ0n) is 5.48. The molecule has 0 heterocycles. The molecule has 2 amide bonds. The van der Waals surface area contributed by atoms with Crippen LogP contribution in [-0.2, 0) is 9.59 Å². The number of nitrogens with zero attached hydrogens (tertiary/aromatic N) is 2. The topological polar surface area (TPSA) is 128 Å². The molecule has 4 N–H and O–H groups in total. The van der Waals surface area contributed by atoms with Crippen molar-refractivity contribution in [1.82, 2.24) is 0 Å². The van der Waals surface area contributed by atoms with Crippen LogP contribution in [0.2, 0.25) is 0 Å². The third kappa shape index (κ3) is 70.9. The predicted octanol–water partition coefficient (Wildman–Crippen LogP) is -1.36. The molecule has 0 aromatic carbocycles. The van der Waals surface area contributed by atoms with E-state index in [0.717, 1.165) is 0 Å². The maximum absolute atomic E-state index is 9.20. The summed E-state index contributed by atoms with van der Waals surface area (Å²) in [6.07, 6.45) is 2.41. The molecule has 0 spiro atoms. The van der Waals surface area contributed by atoms with Crippen molar-refractivity contribution in [3.05, 3.63) is 0 Å². The largest absolute Gasteiger partial charge is 0.352 e. The van der Waals surface area contributed by atoms with Crippen LogP contribution in [0.1, 0.15) is 0 Å². The molecule has 0 atom stereocenters. The molecule has 0 aromatic rings. The number of amides is 2. The number of carbonyl (C=O) groups excluding carboxylic acids is 3. The standard InChI is InChI=1S/C3H2N2O2.CH4N2O/c6-2-4-1-5-3-7;2-1(3)4/h1H2;(H4,2,3,4). The Bertz CT molecular complexity index is 181. The van der Waals surface area contributed by atoms with Gasteiger partial charge in [-0.3, -0.25) is 0 Å². The quantitative estimate of drug-likeness (QED) is 0.380. The van der Waals surface area contributed by atoms with E-state index in [4.69, 9.17) is 4.79 Å². The van der Waals surface area contributed by atoms with Gasteiger partial charge in [-0.2, -0.15) is 9.98 Å². The predicted molar refractivity (Wildman–Crippen MR) is 34.9 cm³/mol. The van der Waals surface area contributed by atoms with Crippen LogP contribution >= 0.6 is 0 Å². The number of primary amides is 2. The van der Waals surface area contributed by atoms with Crippen molar-refractivity contribution in [3.8, 4) is 0 Å². The van der Waals surface area contributed by atoms with Crippen molar-refractivity contribution in [3.63, 3.8) is 0 Å². The Kier molecular flexibility index (Phi) is 11.7. The number of hydrogen-bond acceptors (Lipinski definition) is 5. The molecule has 0 aliphatic rings. The van der Waals surface area contributed by atoms with Crippen molar-refractivity contribution in [2.45, 2.75) is 0 Å². The van der Waals surface area contributed by atoms with Crippen molar-refractivity contribution in [2.24, 2.45) is 21.5 Å². The second kappa shape index (κ2) is 10.9. The normalized spacial score (nSPS) is 5.82. The van der Waals surface area contributed by atoms with E-state index in [1.165, 1.54) is 12.2 Å². The highest BCUT2D eigenvalue weighted by Gasteiger charge is 1.63. The Balaban J connectivity index is 0. The van der Waals surface area contributed by atoms with Crippen LogP contribution in [0.4, 0.5) is 4.79 Å². The summed E-state index contributed by atoms with van der Waals surface area (Å²) in [4.78, 5) is 33.3. The molecule has 0 aromatic heterocycles. The molecule has 7 nitrogen and oxygen atoms in total. The lowest BCUT2D eigenvalue weighted by atomic mass is 11.1. The summed E-state index contributed by atoms with van der Waals surface area (Å²) >= 11 is 0. The maximum atomic E-state index is 9.20. The third-order valence-corrected chi connectivity index (χ3v) is 0.271. The molecule has 11 heavy (non-hydrogen) atoms. The van der Waals surface area contributed by atoms with Gasteiger partial charge in [-0.05, 0) is 0 Å². The number of aliphatic imine (C=N–C) groups is 2. The van der Waals surface area contributed by atoms with Crippen LogP contribution in [0, 0.1) is 0 Å². The average molecular weight is 158 g/mol. The highest BCUT2D eigenvalue weighted by molar-refractivity contribution is 5.69. The van der Waals surface area contributed by atoms with Gasteiger partial charge in [0.25, 0.3) is 0 Å². The minimum absolute atomic E-state index is 0.160. The van der Waals surface area contributed by atoms with E-state index in [1.54, 1.807) is 0 Å². The van der Waals surface area contributed by atoms with Gasteiger partial charge >= 0.3 is 6.03 Å². The molecule has 0 bridgehead atoms. The van der Waals surface area contributed by atoms with Crippen molar-refractivity contribution < 1.29 is 14.4 Å². The summed E-state index contributed by atoms with van der Waals surface area (Å²) in [6.45, 7) is -0.160. The fourth-order valence-electron chi connectivity index (χ4n) is 0.0931. The van der Waals surface area contributed by atoms with Crippen LogP contribution in [0.3, 0.4) is 0 Å². The molecule has 0 unspecified atom stereocenters. The minimum Gasteiger partial charge on any atom is -0.352 e. The molecule has 7 heteroatoms. The third-order valence-electron chi connectivity index (χ3n) is 0.271. The Morgan fingerprint density at radius 1 is 1.18 bits per heavy atom. The van der Waals surface area contributed by atoms with Crippen LogP contribution in [0.25, 0.3) is 0 Å². The number of isocyanates is 2. The second-order valence-electron chi connectivity index (χ2n) is 1.04. The van der Waals surface area contributed by atoms with Gasteiger partial charge in [0.2, 0.25) is 12.2 Å². The van der Waals surface area contributed by atoms with Gasteiger partial charge in [0.05, 0.1) is 0 Å². The Morgan fingerprint density at radius 3 is 1.64 bits per heavy atom. The summed E-state index contributed by atoms with van der Waals surface area (Å²) in [6, 6.07) is -0.833. The Labute approximate surface area is 61.8 Å². The van der Waals surface area contributed by atoms with Gasteiger partial charge in [-0.25, -0.2) is 14.4 Å². The first kappa shape index (κ1) is 11.8. The fourth-order valence-corrected chi connectivity index (χ4v) is 0.0931. The highest BCUT2D eigenvalue weighted by atomic mass is 16.2. The van der Waals surface area contributed by atoms with Gasteiger partial charge < -0.3 is 11.5 Å². The second-order valence-corrected chi connectivity index (χ2v) is 1.04. The average Bonchev–Trinajstić information content (AvgIpc) is 1.88. The summed E-state index contributed by atoms with van der Waals surface area (Å²) in [5.74, 6) is 0. The number of urea groups is 1. The summed E-state index contributed by atoms with van der Waals surface area (Å²) in [5, 5.41) is 0. The van der Waals surface area contributed by atoms with Gasteiger partial charge in [0.15, 0.2) is 6.67 Å². The van der Waals surface area contributed by atoms with Gasteiger partial charge in [0, 0.05) is 0 Å². The molecule has 0 saturated heterocycles. The number of rotatable bonds is 2. The first-order chi connectivity index (χ1) is 5.15. The number of carbonyl (C=O) groups is 1. The zero-order chi connectivity index (χ0) is 9.11. The molecular weight excluding hydrogens is 152 g/mol. The zero-order valence-corrected chi connectivity index (χ0v) is 5.48. The Hall–Kier alpha value is -1.97. The Morgan fingerprint density at radius 2 is 1.45 bits per heavy atom. The SMILES string of the molecule is NC(N)=O.O=C=NCN=C=O. The molecule has 0 radical (unpaired) electrons. The first-order valence-corrected chi connectivity index (χ1v) is 2.27. The van der Waals surface area contributed by atoms with Crippen molar-refractivity contribution in [2.75, 3.05) is 6.67 Å². The van der Waals surface area contributed by atoms with E-state index in [0.29, 0.717) is 0 Å². The maximum Gasteiger partial charge on any atom is 0.309 e. The summed E-state index contributed by atoms with van der Waals surface area (Å²) < 4.78 is 0. The molecule has 0 aliphatic carbocycles. The molecule has 0 aliphatic heterocycles. The van der Waals surface area contributed by atoms with E-state index < -0.39 is 6.03 Å². The van der Waals surface area contributed by atoms with Crippen LogP contribution in [-0.4, -0.2) is 24.9 Å². The monoisotopic (exact) mass is 158 g/mol. The van der Waals surface area contributed by atoms with E-state index >= 15 is 0 Å². The summed E-state index contributed by atoms with van der Waals surface area (Å²) in [5.41, 5.74) is 8.50. The van der Waals surface area contributed by atoms with Gasteiger partial charge in [-0.1, -0.05) is 0 Å². The van der Waals surface area contributed by atoms with Gasteiger partial charge in [-0.15, -0.1) is 0 Å². The first-order valence-electron chi connectivity index (χ1n) is 2.27. The van der Waals surface area contributed by atoms with Crippen molar-refractivity contribution in [1.29, 1.82) is 0 Å². The van der Waals surface area contributed by atoms with Crippen LogP contribution in [0.5, 0.6) is 0 Å². The van der Waals surface area contributed by atoms with E-state index in [-0.39, 0.29) is 6.67 Å². The molecule has 0 fully saturated rings. The lowest BCUT2D eigenvalue weighted by molar-refractivity contribution is 0.256. The van der Waals surface area contributed by atoms with E-state index in [9.17, 15) is 9.59 Å². The van der Waals surface area contributed by atoms with E-state index in [2.05, 4.69) is 21.5 Å². The van der Waals surface area contributed by atoms with Crippen molar-refractivity contribution >= 4 is 18.2 Å². The van der Waals surface area contributed by atoms with E-state index in [1.807, 2.05) is 0 Å². The number of nitrogens with two attached hydrogens (primary N) is 2.